The Morgan fingerprint density at radius 2 is 1.95 bits per heavy atom. The summed E-state index contributed by atoms with van der Waals surface area (Å²) < 4.78 is 45.2. The maximum atomic E-state index is 11.8. The molecule has 0 unspecified atom stereocenters. The fraction of sp³-hybridized carbons (Fsp3) is 0.250. The largest absolute Gasteiger partial charge is 0.307 e. The first-order valence-electron chi connectivity index (χ1n) is 4.84. The Kier molecular flexibility index (Phi) is 4.38. The van der Waals surface area contributed by atoms with Crippen LogP contribution in [-0.4, -0.2) is 38.2 Å². The van der Waals surface area contributed by atoms with Crippen molar-refractivity contribution in [3.05, 3.63) is 27.9 Å². The standard InChI is InChI=1S/C8H8N4O6S2/c9-4-6-3-7(12(13)14)8(11-5-6)19(15,16)1-2-20(10,17)18/h3,5H,1-2H2,(H2,10,17,18). The molecular weight excluding hydrogens is 312 g/mol. The SMILES string of the molecule is N#Cc1cnc(S(=O)(=O)CCS(N)(=O)=O)c([N+](=O)[O-])c1. The van der Waals surface area contributed by atoms with Gasteiger partial charge in [0.2, 0.25) is 24.9 Å². The summed E-state index contributed by atoms with van der Waals surface area (Å²) in [6.07, 6.45) is 0.844. The van der Waals surface area contributed by atoms with Gasteiger partial charge in [0.15, 0.2) is 0 Å². The van der Waals surface area contributed by atoms with Gasteiger partial charge in [0, 0.05) is 12.3 Å². The van der Waals surface area contributed by atoms with Crippen LogP contribution >= 0.6 is 0 Å². The van der Waals surface area contributed by atoms with Crippen molar-refractivity contribution in [3.63, 3.8) is 0 Å². The summed E-state index contributed by atoms with van der Waals surface area (Å²) in [6.45, 7) is 0. The lowest BCUT2D eigenvalue weighted by atomic mass is 10.3. The van der Waals surface area contributed by atoms with Crippen LogP contribution in [0.2, 0.25) is 0 Å². The lowest BCUT2D eigenvalue weighted by Gasteiger charge is -2.03. The Balaban J connectivity index is 3.32. The predicted octanol–water partition coefficient (Wildman–Crippen LogP) is -1.08. The van der Waals surface area contributed by atoms with Crippen molar-refractivity contribution >= 4 is 25.5 Å². The van der Waals surface area contributed by atoms with Crippen LogP contribution in [0.25, 0.3) is 0 Å². The number of nitrogens with zero attached hydrogens (tertiary/aromatic N) is 3. The fourth-order valence-electron chi connectivity index (χ4n) is 1.19. The smallest absolute Gasteiger partial charge is 0.258 e. The molecule has 1 aromatic rings. The van der Waals surface area contributed by atoms with E-state index < -0.39 is 47.0 Å². The van der Waals surface area contributed by atoms with E-state index in [1.165, 1.54) is 0 Å². The van der Waals surface area contributed by atoms with Crippen LogP contribution in [-0.2, 0) is 19.9 Å². The van der Waals surface area contributed by atoms with Crippen molar-refractivity contribution in [1.82, 2.24) is 4.98 Å². The van der Waals surface area contributed by atoms with Crippen molar-refractivity contribution in [1.29, 1.82) is 5.26 Å². The zero-order chi connectivity index (χ0) is 15.6. The van der Waals surface area contributed by atoms with Crippen LogP contribution in [0.3, 0.4) is 0 Å². The molecule has 108 valence electrons. The average molecular weight is 320 g/mol. The maximum Gasteiger partial charge on any atom is 0.307 e. The average Bonchev–Trinajstić information content (AvgIpc) is 2.35. The highest BCUT2D eigenvalue weighted by Gasteiger charge is 2.29. The van der Waals surface area contributed by atoms with Crippen LogP contribution in [0, 0.1) is 21.4 Å². The lowest BCUT2D eigenvalue weighted by molar-refractivity contribution is -0.388. The summed E-state index contributed by atoms with van der Waals surface area (Å²) in [7, 11) is -8.36. The van der Waals surface area contributed by atoms with Gasteiger partial charge in [-0.2, -0.15) is 5.26 Å². The fourth-order valence-corrected chi connectivity index (χ4v) is 3.86. The Bertz CT molecular complexity index is 793. The van der Waals surface area contributed by atoms with Gasteiger partial charge in [-0.1, -0.05) is 0 Å². The highest BCUT2D eigenvalue weighted by atomic mass is 32.2. The van der Waals surface area contributed by atoms with Gasteiger partial charge >= 0.3 is 5.69 Å². The Morgan fingerprint density at radius 1 is 1.35 bits per heavy atom. The van der Waals surface area contributed by atoms with Crippen molar-refractivity contribution in [2.75, 3.05) is 11.5 Å². The number of aromatic nitrogens is 1. The Hall–Kier alpha value is -2.10. The second-order valence-electron chi connectivity index (χ2n) is 3.60. The van der Waals surface area contributed by atoms with Crippen LogP contribution in [0.15, 0.2) is 17.3 Å². The molecule has 1 heterocycles. The molecule has 0 aliphatic rings. The van der Waals surface area contributed by atoms with Gasteiger partial charge in [-0.15, -0.1) is 0 Å². The molecule has 0 aliphatic heterocycles. The molecule has 10 nitrogen and oxygen atoms in total. The van der Waals surface area contributed by atoms with Crippen molar-refractivity contribution < 1.29 is 21.8 Å². The topological polar surface area (TPSA) is 174 Å². The van der Waals surface area contributed by atoms with Gasteiger partial charge in [-0.25, -0.2) is 27.0 Å². The maximum absolute atomic E-state index is 11.8. The molecule has 20 heavy (non-hydrogen) atoms. The lowest BCUT2D eigenvalue weighted by Crippen LogP contribution is -2.24. The third-order valence-electron chi connectivity index (χ3n) is 2.09. The first-order valence-corrected chi connectivity index (χ1v) is 8.21. The first-order chi connectivity index (χ1) is 9.07. The van der Waals surface area contributed by atoms with E-state index in [1.807, 2.05) is 0 Å². The molecule has 0 aromatic carbocycles. The number of hydrogen-bond acceptors (Lipinski definition) is 8. The number of hydrogen-bond donors (Lipinski definition) is 1. The number of primary sulfonamides is 1. The van der Waals surface area contributed by atoms with Gasteiger partial charge in [-0.3, -0.25) is 10.1 Å². The molecule has 0 spiro atoms. The normalized spacial score (nSPS) is 11.8. The summed E-state index contributed by atoms with van der Waals surface area (Å²) in [5.41, 5.74) is -1.08. The van der Waals surface area contributed by atoms with Crippen molar-refractivity contribution in [3.8, 4) is 6.07 Å². The van der Waals surface area contributed by atoms with E-state index in [0.29, 0.717) is 0 Å². The molecule has 0 radical (unpaired) electrons. The quantitative estimate of drug-likeness (QED) is 0.526. The minimum Gasteiger partial charge on any atom is -0.258 e. The van der Waals surface area contributed by atoms with Gasteiger partial charge in [-0.05, 0) is 0 Å². The van der Waals surface area contributed by atoms with Crippen LogP contribution < -0.4 is 5.14 Å². The molecule has 1 rings (SSSR count). The molecule has 0 fully saturated rings. The van der Waals surface area contributed by atoms with Crippen LogP contribution in [0.5, 0.6) is 0 Å². The molecule has 0 saturated heterocycles. The summed E-state index contributed by atoms with van der Waals surface area (Å²) in [5, 5.41) is 23.2. The highest BCUT2D eigenvalue weighted by molar-refractivity contribution is 7.94. The molecule has 0 atom stereocenters. The second kappa shape index (κ2) is 5.49. The highest BCUT2D eigenvalue weighted by Crippen LogP contribution is 2.23. The van der Waals surface area contributed by atoms with E-state index >= 15 is 0 Å². The summed E-state index contributed by atoms with van der Waals surface area (Å²) in [6, 6.07) is 2.33. The molecule has 0 bridgehead atoms. The zero-order valence-corrected chi connectivity index (χ0v) is 11.4. The zero-order valence-electron chi connectivity index (χ0n) is 9.75. The Morgan fingerprint density at radius 3 is 2.40 bits per heavy atom. The predicted molar refractivity (Wildman–Crippen MR) is 65.6 cm³/mol. The van der Waals surface area contributed by atoms with Gasteiger partial charge in [0.25, 0.3) is 0 Å². The van der Waals surface area contributed by atoms with Crippen molar-refractivity contribution in [2.45, 2.75) is 5.03 Å². The molecule has 12 heteroatoms. The summed E-state index contributed by atoms with van der Waals surface area (Å²) in [5.74, 6) is -1.83. The third-order valence-corrected chi connectivity index (χ3v) is 4.77. The monoisotopic (exact) mass is 320 g/mol. The Labute approximate surface area is 114 Å². The molecule has 1 aromatic heterocycles. The number of nitriles is 1. The number of rotatable bonds is 5. The van der Waals surface area contributed by atoms with E-state index in [2.05, 4.69) is 10.1 Å². The van der Waals surface area contributed by atoms with Gasteiger partial charge in [0.1, 0.15) is 6.07 Å². The number of sulfone groups is 1. The van der Waals surface area contributed by atoms with E-state index in [9.17, 15) is 26.9 Å². The van der Waals surface area contributed by atoms with Crippen molar-refractivity contribution in [2.24, 2.45) is 5.14 Å². The van der Waals surface area contributed by atoms with Crippen LogP contribution in [0.4, 0.5) is 5.69 Å². The summed E-state index contributed by atoms with van der Waals surface area (Å²) in [4.78, 5) is 13.1. The second-order valence-corrected chi connectivity index (χ2v) is 7.36. The van der Waals surface area contributed by atoms with E-state index in [4.69, 9.17) is 5.26 Å². The number of pyridine rings is 1. The molecule has 0 amide bonds. The third kappa shape index (κ3) is 3.95. The van der Waals surface area contributed by atoms with Crippen LogP contribution in [0.1, 0.15) is 5.56 Å². The minimum atomic E-state index is -4.32. The number of nitro groups is 1. The van der Waals surface area contributed by atoms with E-state index in [0.717, 1.165) is 12.3 Å². The molecule has 0 aliphatic carbocycles. The van der Waals surface area contributed by atoms with Gasteiger partial charge in [0.05, 0.1) is 22.0 Å². The minimum absolute atomic E-state index is 0.193. The number of sulfonamides is 1. The molecular formula is C8H8N4O6S2. The molecule has 2 N–H and O–H groups in total. The first kappa shape index (κ1) is 16.0. The van der Waals surface area contributed by atoms with Gasteiger partial charge < -0.3 is 0 Å². The molecule has 0 saturated carbocycles. The van der Waals surface area contributed by atoms with E-state index in [1.54, 1.807) is 6.07 Å². The van der Waals surface area contributed by atoms with E-state index in [-0.39, 0.29) is 5.56 Å². The summed E-state index contributed by atoms with van der Waals surface area (Å²) >= 11 is 0. The number of nitrogens with two attached hydrogens (primary N) is 1.